The highest BCUT2D eigenvalue weighted by molar-refractivity contribution is 5.78. The first kappa shape index (κ1) is 19.8. The Balaban J connectivity index is 2.07. The van der Waals surface area contributed by atoms with E-state index >= 15 is 0 Å². The fourth-order valence-electron chi connectivity index (χ4n) is 2.88. The Morgan fingerprint density at radius 2 is 1.81 bits per heavy atom. The normalized spacial score (nSPS) is 12.0. The second kappa shape index (κ2) is 8.70. The fraction of sp³-hybridized carbons (Fsp3) is 0.381. The van der Waals surface area contributed by atoms with E-state index in [1.807, 2.05) is 19.9 Å². The van der Waals surface area contributed by atoms with Crippen LogP contribution in [0.15, 0.2) is 36.4 Å². The van der Waals surface area contributed by atoms with E-state index in [-0.39, 0.29) is 24.3 Å². The third-order valence-corrected chi connectivity index (χ3v) is 4.28. The van der Waals surface area contributed by atoms with E-state index in [4.69, 9.17) is 9.47 Å². The molecule has 2 aromatic carbocycles. The molecule has 1 N–H and O–H groups in total. The van der Waals surface area contributed by atoms with Crippen molar-refractivity contribution in [2.45, 2.75) is 39.7 Å². The molecule has 0 bridgehead atoms. The summed E-state index contributed by atoms with van der Waals surface area (Å²) in [6.07, 6.45) is 0. The topological polar surface area (TPSA) is 47.6 Å². The van der Waals surface area contributed by atoms with Gasteiger partial charge in [-0.1, -0.05) is 26.0 Å². The SMILES string of the molecule is COc1cc(C)c(C(C)NC(=O)COc2ccccc2F)cc1C(C)C. The number of hydrogen-bond acceptors (Lipinski definition) is 3. The summed E-state index contributed by atoms with van der Waals surface area (Å²) in [6.45, 7) is 7.86. The summed E-state index contributed by atoms with van der Waals surface area (Å²) in [5.74, 6) is 0.431. The summed E-state index contributed by atoms with van der Waals surface area (Å²) in [7, 11) is 1.66. The Hall–Kier alpha value is -2.56. The van der Waals surface area contributed by atoms with Crippen molar-refractivity contribution in [3.63, 3.8) is 0 Å². The molecule has 26 heavy (non-hydrogen) atoms. The van der Waals surface area contributed by atoms with E-state index in [1.165, 1.54) is 12.1 Å². The van der Waals surface area contributed by atoms with Gasteiger partial charge in [0.05, 0.1) is 13.2 Å². The highest BCUT2D eigenvalue weighted by atomic mass is 19.1. The van der Waals surface area contributed by atoms with E-state index in [1.54, 1.807) is 19.2 Å². The molecule has 0 aliphatic carbocycles. The molecule has 0 aliphatic rings. The zero-order valence-electron chi connectivity index (χ0n) is 15.9. The maximum absolute atomic E-state index is 13.5. The van der Waals surface area contributed by atoms with Gasteiger partial charge in [0.25, 0.3) is 5.91 Å². The van der Waals surface area contributed by atoms with E-state index in [0.29, 0.717) is 5.92 Å². The van der Waals surface area contributed by atoms with Gasteiger partial charge in [-0.05, 0) is 60.7 Å². The Morgan fingerprint density at radius 3 is 2.42 bits per heavy atom. The van der Waals surface area contributed by atoms with Crippen LogP contribution in [0.5, 0.6) is 11.5 Å². The number of methoxy groups -OCH3 is 1. The number of rotatable bonds is 7. The van der Waals surface area contributed by atoms with E-state index in [2.05, 4.69) is 25.2 Å². The Labute approximate surface area is 154 Å². The first-order chi connectivity index (χ1) is 12.3. The molecule has 5 heteroatoms. The lowest BCUT2D eigenvalue weighted by Gasteiger charge is -2.21. The second-order valence-electron chi connectivity index (χ2n) is 6.61. The average Bonchev–Trinajstić information content (AvgIpc) is 2.60. The number of carbonyl (C=O) groups excluding carboxylic acids is 1. The molecule has 0 saturated heterocycles. The smallest absolute Gasteiger partial charge is 0.258 e. The largest absolute Gasteiger partial charge is 0.496 e. The molecule has 4 nitrogen and oxygen atoms in total. The number of para-hydroxylation sites is 1. The predicted octanol–water partition coefficient (Wildman–Crippen LogP) is 4.52. The van der Waals surface area contributed by atoms with Crippen LogP contribution in [0.4, 0.5) is 4.39 Å². The maximum atomic E-state index is 13.5. The zero-order valence-corrected chi connectivity index (χ0v) is 15.9. The van der Waals surface area contributed by atoms with Gasteiger partial charge in [0.2, 0.25) is 0 Å². The van der Waals surface area contributed by atoms with Crippen LogP contribution in [0.2, 0.25) is 0 Å². The average molecular weight is 359 g/mol. The van der Waals surface area contributed by atoms with Gasteiger partial charge in [-0.2, -0.15) is 0 Å². The van der Waals surface area contributed by atoms with Gasteiger partial charge in [0.15, 0.2) is 18.2 Å². The van der Waals surface area contributed by atoms with Crippen LogP contribution >= 0.6 is 0 Å². The summed E-state index contributed by atoms with van der Waals surface area (Å²) in [5, 5.41) is 2.90. The van der Waals surface area contributed by atoms with Crippen molar-refractivity contribution in [2.24, 2.45) is 0 Å². The second-order valence-corrected chi connectivity index (χ2v) is 6.61. The summed E-state index contributed by atoms with van der Waals surface area (Å²) >= 11 is 0. The molecule has 140 valence electrons. The Morgan fingerprint density at radius 1 is 1.12 bits per heavy atom. The fourth-order valence-corrected chi connectivity index (χ4v) is 2.88. The van der Waals surface area contributed by atoms with Crippen LogP contribution in [0.3, 0.4) is 0 Å². The number of aryl methyl sites for hydroxylation is 1. The molecule has 2 rings (SSSR count). The van der Waals surface area contributed by atoms with Crippen molar-refractivity contribution in [3.05, 3.63) is 58.9 Å². The number of benzene rings is 2. The van der Waals surface area contributed by atoms with Gasteiger partial charge in [0, 0.05) is 0 Å². The molecule has 0 radical (unpaired) electrons. The molecule has 0 aromatic heterocycles. The Bertz CT molecular complexity index is 774. The third-order valence-electron chi connectivity index (χ3n) is 4.28. The van der Waals surface area contributed by atoms with Gasteiger partial charge in [-0.15, -0.1) is 0 Å². The van der Waals surface area contributed by atoms with Crippen LogP contribution in [-0.4, -0.2) is 19.6 Å². The number of ether oxygens (including phenoxy) is 2. The molecule has 0 spiro atoms. The minimum absolute atomic E-state index is 0.0676. The van der Waals surface area contributed by atoms with Crippen molar-refractivity contribution in [3.8, 4) is 11.5 Å². The van der Waals surface area contributed by atoms with E-state index < -0.39 is 5.82 Å². The summed E-state index contributed by atoms with van der Waals surface area (Å²) in [6, 6.07) is 9.88. The number of halogens is 1. The van der Waals surface area contributed by atoms with Crippen molar-refractivity contribution < 1.29 is 18.7 Å². The highest BCUT2D eigenvalue weighted by Crippen LogP contribution is 2.32. The van der Waals surface area contributed by atoms with Gasteiger partial charge >= 0.3 is 0 Å². The lowest BCUT2D eigenvalue weighted by atomic mass is 9.93. The summed E-state index contributed by atoms with van der Waals surface area (Å²) in [5.41, 5.74) is 3.15. The van der Waals surface area contributed by atoms with Crippen molar-refractivity contribution in [2.75, 3.05) is 13.7 Å². The molecular formula is C21H26FNO3. The number of nitrogens with one attached hydrogen (secondary N) is 1. The monoisotopic (exact) mass is 359 g/mol. The molecule has 0 fully saturated rings. The van der Waals surface area contributed by atoms with Gasteiger partial charge < -0.3 is 14.8 Å². The molecule has 0 aliphatic heterocycles. The van der Waals surface area contributed by atoms with Crippen LogP contribution in [-0.2, 0) is 4.79 Å². The maximum Gasteiger partial charge on any atom is 0.258 e. The molecule has 2 aromatic rings. The van der Waals surface area contributed by atoms with Crippen LogP contribution < -0.4 is 14.8 Å². The van der Waals surface area contributed by atoms with Gasteiger partial charge in [-0.3, -0.25) is 4.79 Å². The van der Waals surface area contributed by atoms with Crippen molar-refractivity contribution >= 4 is 5.91 Å². The number of carbonyl (C=O) groups is 1. The van der Waals surface area contributed by atoms with Crippen LogP contribution in [0.25, 0.3) is 0 Å². The van der Waals surface area contributed by atoms with E-state index in [9.17, 15) is 9.18 Å². The summed E-state index contributed by atoms with van der Waals surface area (Å²) < 4.78 is 24.3. The molecule has 1 amide bonds. The molecule has 1 atom stereocenters. The predicted molar refractivity (Wildman–Crippen MR) is 100 cm³/mol. The molecular weight excluding hydrogens is 333 g/mol. The van der Waals surface area contributed by atoms with Crippen LogP contribution in [0, 0.1) is 12.7 Å². The van der Waals surface area contributed by atoms with Gasteiger partial charge in [-0.25, -0.2) is 4.39 Å². The van der Waals surface area contributed by atoms with E-state index in [0.717, 1.165) is 22.4 Å². The molecule has 0 saturated carbocycles. The zero-order chi connectivity index (χ0) is 19.3. The minimum Gasteiger partial charge on any atom is -0.496 e. The Kier molecular flexibility index (Phi) is 6.61. The first-order valence-corrected chi connectivity index (χ1v) is 8.68. The van der Waals surface area contributed by atoms with Crippen LogP contribution in [0.1, 0.15) is 49.4 Å². The number of amides is 1. The lowest BCUT2D eigenvalue weighted by molar-refractivity contribution is -0.123. The van der Waals surface area contributed by atoms with Crippen molar-refractivity contribution in [1.82, 2.24) is 5.32 Å². The number of hydrogen-bond donors (Lipinski definition) is 1. The summed E-state index contributed by atoms with van der Waals surface area (Å²) in [4.78, 5) is 12.2. The first-order valence-electron chi connectivity index (χ1n) is 8.68. The third kappa shape index (κ3) is 4.75. The van der Waals surface area contributed by atoms with Gasteiger partial charge in [0.1, 0.15) is 5.75 Å². The quantitative estimate of drug-likeness (QED) is 0.790. The minimum atomic E-state index is -0.485. The van der Waals surface area contributed by atoms with Crippen molar-refractivity contribution in [1.29, 1.82) is 0 Å². The standard InChI is InChI=1S/C21H26FNO3/c1-13(2)16-11-17(14(3)10-20(16)25-5)15(4)23-21(24)12-26-19-9-7-6-8-18(19)22/h6-11,13,15H,12H2,1-5H3,(H,23,24). The molecule has 1 unspecified atom stereocenters. The highest BCUT2D eigenvalue weighted by Gasteiger charge is 2.17. The molecule has 0 heterocycles. The lowest BCUT2D eigenvalue weighted by Crippen LogP contribution is -2.31.